The molecule has 1 aliphatic rings. The fourth-order valence-electron chi connectivity index (χ4n) is 2.34. The Morgan fingerprint density at radius 2 is 1.82 bits per heavy atom. The van der Waals surface area contributed by atoms with Gasteiger partial charge in [0.1, 0.15) is 0 Å². The van der Waals surface area contributed by atoms with Crippen LogP contribution in [0.3, 0.4) is 0 Å². The number of para-hydroxylation sites is 1. The Labute approximate surface area is 103 Å². The molecule has 3 rings (SSSR count). The molecule has 1 N–H and O–H groups in total. The van der Waals surface area contributed by atoms with Crippen LogP contribution in [0.5, 0.6) is 0 Å². The summed E-state index contributed by atoms with van der Waals surface area (Å²) in [6.45, 7) is -0.354. The molecule has 0 aromatic heterocycles. The number of benzene rings is 2. The highest BCUT2D eigenvalue weighted by atomic mass is 15.5. The Bertz CT molecular complexity index is 541. The van der Waals surface area contributed by atoms with E-state index >= 15 is 0 Å². The van der Waals surface area contributed by atoms with Gasteiger partial charge in [-0.15, -0.1) is 0 Å². The van der Waals surface area contributed by atoms with Crippen LogP contribution in [0.1, 0.15) is 18.4 Å². The molecule has 1 aliphatic heterocycles. The Balaban J connectivity index is 2.12. The molecule has 0 fully saturated rings. The summed E-state index contributed by atoms with van der Waals surface area (Å²) in [5, 5.41) is 1.94. The van der Waals surface area contributed by atoms with Crippen LogP contribution in [0, 0.1) is 0 Å². The minimum absolute atomic E-state index is 0.0820. The highest BCUT2D eigenvalue weighted by Crippen LogP contribution is 2.33. The molecule has 2 atom stereocenters. The third-order valence-electron chi connectivity index (χ3n) is 3.23. The summed E-state index contributed by atoms with van der Waals surface area (Å²) in [5.74, 6) is 0.0820. The lowest BCUT2D eigenvalue weighted by Crippen LogP contribution is -2.42. The van der Waals surface area contributed by atoms with E-state index in [0.29, 0.717) is 0 Å². The highest BCUT2D eigenvalue weighted by Gasteiger charge is 2.23. The van der Waals surface area contributed by atoms with Crippen LogP contribution in [0.4, 0.5) is 5.69 Å². The summed E-state index contributed by atoms with van der Waals surface area (Å²) >= 11 is 0. The van der Waals surface area contributed by atoms with Gasteiger partial charge in [-0.1, -0.05) is 48.5 Å². The van der Waals surface area contributed by atoms with Crippen molar-refractivity contribution in [3.63, 3.8) is 0 Å². The van der Waals surface area contributed by atoms with E-state index in [0.717, 1.165) is 5.69 Å². The molecule has 0 aliphatic carbocycles. The third-order valence-corrected chi connectivity index (χ3v) is 3.23. The molecule has 0 amide bonds. The maximum absolute atomic E-state index is 8.28. The molecular weight excluding hydrogens is 208 g/mol. The lowest BCUT2D eigenvalue weighted by atomic mass is 9.89. The van der Waals surface area contributed by atoms with Crippen molar-refractivity contribution >= 4 is 5.69 Å². The van der Waals surface area contributed by atoms with Crippen molar-refractivity contribution in [2.24, 2.45) is 0 Å². The number of hydrazine groups is 1. The molecule has 1 heterocycles. The van der Waals surface area contributed by atoms with E-state index in [2.05, 4.69) is 29.7 Å². The number of hydrogen-bond acceptors (Lipinski definition) is 2. The van der Waals surface area contributed by atoms with E-state index in [9.17, 15) is 0 Å². The predicted molar refractivity (Wildman–Crippen MR) is 71.1 cm³/mol. The normalized spacial score (nSPS) is 24.1. The van der Waals surface area contributed by atoms with Gasteiger partial charge in [-0.25, -0.2) is 5.43 Å². The van der Waals surface area contributed by atoms with Gasteiger partial charge in [0.25, 0.3) is 0 Å². The van der Waals surface area contributed by atoms with Gasteiger partial charge < -0.3 is 5.01 Å². The summed E-state index contributed by atoms with van der Waals surface area (Å²) in [6.07, 6.45) is 0. The molecule has 0 saturated heterocycles. The van der Waals surface area contributed by atoms with Gasteiger partial charge >= 0.3 is 0 Å². The largest absolute Gasteiger partial charge is 0.311 e. The Kier molecular flexibility index (Phi) is 2.30. The molecular formula is C15H16N2. The molecule has 0 spiro atoms. The van der Waals surface area contributed by atoms with Gasteiger partial charge in [0.15, 0.2) is 0 Å². The molecule has 17 heavy (non-hydrogen) atoms. The van der Waals surface area contributed by atoms with E-state index in [1.165, 1.54) is 11.1 Å². The van der Waals surface area contributed by atoms with Crippen molar-refractivity contribution < 1.29 is 1.37 Å². The van der Waals surface area contributed by atoms with Gasteiger partial charge in [-0.05, 0) is 17.2 Å². The average molecular weight is 225 g/mol. The second-order valence-corrected chi connectivity index (χ2v) is 4.30. The van der Waals surface area contributed by atoms with Crippen LogP contribution in [0.25, 0.3) is 0 Å². The summed E-state index contributed by atoms with van der Waals surface area (Å²) < 4.78 is 8.28. The first kappa shape index (κ1) is 9.25. The van der Waals surface area contributed by atoms with Crippen molar-refractivity contribution in [1.82, 2.24) is 5.43 Å². The SMILES string of the molecule is [2H]C1NN(C)c2ccccc2C1c1ccccc1. The maximum atomic E-state index is 8.28. The second-order valence-electron chi connectivity index (χ2n) is 4.30. The summed E-state index contributed by atoms with van der Waals surface area (Å²) in [4.78, 5) is 0. The van der Waals surface area contributed by atoms with Crippen LogP contribution in [-0.2, 0) is 0 Å². The number of nitrogens with one attached hydrogen (secondary N) is 1. The van der Waals surface area contributed by atoms with Gasteiger partial charge in [0.05, 0.1) is 5.69 Å². The third kappa shape index (κ3) is 1.81. The zero-order chi connectivity index (χ0) is 12.5. The molecule has 2 aromatic rings. The standard InChI is InChI=1S/C15H16N2/c1-17-15-10-6-5-9-13(15)14(11-16-17)12-7-3-2-4-8-12/h2-10,14,16H,11H2,1H3/i11D. The van der Waals surface area contributed by atoms with E-state index in [-0.39, 0.29) is 12.4 Å². The quantitative estimate of drug-likeness (QED) is 0.803. The topological polar surface area (TPSA) is 15.3 Å². The van der Waals surface area contributed by atoms with Crippen LogP contribution in [0.2, 0.25) is 0 Å². The molecule has 2 heteroatoms. The monoisotopic (exact) mass is 225 g/mol. The Morgan fingerprint density at radius 3 is 2.65 bits per heavy atom. The Hall–Kier alpha value is -1.80. The first-order valence-electron chi connectivity index (χ1n) is 6.41. The summed E-state index contributed by atoms with van der Waals surface area (Å²) in [5.41, 5.74) is 6.73. The van der Waals surface area contributed by atoms with E-state index in [1.807, 2.05) is 42.4 Å². The van der Waals surface area contributed by atoms with Crippen molar-refractivity contribution in [1.29, 1.82) is 0 Å². The van der Waals surface area contributed by atoms with Crippen molar-refractivity contribution in [3.8, 4) is 0 Å². The maximum Gasteiger partial charge on any atom is 0.0555 e. The molecule has 0 radical (unpaired) electrons. The lowest BCUT2D eigenvalue weighted by molar-refractivity contribution is 0.593. The zero-order valence-electron chi connectivity index (χ0n) is 10.8. The fraction of sp³-hybridized carbons (Fsp3) is 0.200. The van der Waals surface area contributed by atoms with Gasteiger partial charge in [0.2, 0.25) is 0 Å². The summed E-state index contributed by atoms with van der Waals surface area (Å²) in [7, 11) is 1.96. The van der Waals surface area contributed by atoms with Crippen LogP contribution < -0.4 is 10.4 Å². The molecule has 86 valence electrons. The smallest absolute Gasteiger partial charge is 0.0555 e. The molecule has 2 nitrogen and oxygen atoms in total. The molecule has 2 unspecified atom stereocenters. The van der Waals surface area contributed by atoms with Crippen LogP contribution in [0.15, 0.2) is 54.6 Å². The second kappa shape index (κ2) is 4.22. The highest BCUT2D eigenvalue weighted by molar-refractivity contribution is 5.58. The van der Waals surface area contributed by atoms with E-state index < -0.39 is 0 Å². The molecule has 2 aromatic carbocycles. The van der Waals surface area contributed by atoms with Gasteiger partial charge in [0, 0.05) is 20.9 Å². The van der Waals surface area contributed by atoms with E-state index in [4.69, 9.17) is 1.37 Å². The summed E-state index contributed by atoms with van der Waals surface area (Å²) in [6, 6.07) is 18.5. The predicted octanol–water partition coefficient (Wildman–Crippen LogP) is 2.77. The zero-order valence-corrected chi connectivity index (χ0v) is 9.80. The van der Waals surface area contributed by atoms with Crippen molar-refractivity contribution in [2.45, 2.75) is 5.92 Å². The van der Waals surface area contributed by atoms with Crippen molar-refractivity contribution in [3.05, 3.63) is 65.7 Å². The minimum Gasteiger partial charge on any atom is -0.311 e. The van der Waals surface area contributed by atoms with Gasteiger partial charge in [-0.3, -0.25) is 0 Å². The van der Waals surface area contributed by atoms with Gasteiger partial charge in [-0.2, -0.15) is 0 Å². The fourth-order valence-corrected chi connectivity index (χ4v) is 2.34. The van der Waals surface area contributed by atoms with Crippen LogP contribution in [-0.4, -0.2) is 13.6 Å². The first-order chi connectivity index (χ1) is 8.77. The minimum atomic E-state index is -0.354. The lowest BCUT2D eigenvalue weighted by Gasteiger charge is -2.34. The number of fused-ring (bicyclic) bond motifs is 1. The Morgan fingerprint density at radius 1 is 1.12 bits per heavy atom. The van der Waals surface area contributed by atoms with Crippen molar-refractivity contribution in [2.75, 3.05) is 18.6 Å². The average Bonchev–Trinajstić information content (AvgIpc) is 2.40. The van der Waals surface area contributed by atoms with Crippen LogP contribution >= 0.6 is 0 Å². The number of nitrogens with zero attached hydrogens (tertiary/aromatic N) is 1. The number of rotatable bonds is 1. The molecule has 0 saturated carbocycles. The molecule has 0 bridgehead atoms. The van der Waals surface area contributed by atoms with E-state index in [1.54, 1.807) is 0 Å². The first-order valence-corrected chi connectivity index (χ1v) is 5.83. The number of hydrogen-bond donors (Lipinski definition) is 1. The number of anilines is 1.